The smallest absolute Gasteiger partial charge is 0.128 e. The highest BCUT2D eigenvalue weighted by molar-refractivity contribution is 5.41. The van der Waals surface area contributed by atoms with Gasteiger partial charge in [-0.25, -0.2) is 0 Å². The van der Waals surface area contributed by atoms with Gasteiger partial charge in [-0.05, 0) is 24.5 Å². The van der Waals surface area contributed by atoms with Gasteiger partial charge in [0.15, 0.2) is 0 Å². The van der Waals surface area contributed by atoms with Gasteiger partial charge in [-0.2, -0.15) is 0 Å². The quantitative estimate of drug-likeness (QED) is 0.878. The molecule has 2 N–H and O–H groups in total. The van der Waals surface area contributed by atoms with E-state index in [1.54, 1.807) is 19.6 Å². The summed E-state index contributed by atoms with van der Waals surface area (Å²) in [5.41, 5.74) is 9.20. The average molecular weight is 232 g/mol. The Labute approximate surface area is 100 Å². The van der Waals surface area contributed by atoms with E-state index in [2.05, 4.69) is 5.16 Å². The minimum atomic E-state index is -0.128. The number of nitrogens with two attached hydrogens (primary N) is 1. The van der Waals surface area contributed by atoms with Gasteiger partial charge in [0.1, 0.15) is 12.0 Å². The van der Waals surface area contributed by atoms with Crippen LogP contribution in [0.2, 0.25) is 0 Å². The molecule has 0 aliphatic rings. The molecule has 0 radical (unpaired) electrons. The van der Waals surface area contributed by atoms with E-state index in [4.69, 9.17) is 15.0 Å². The monoisotopic (exact) mass is 232 g/mol. The van der Waals surface area contributed by atoms with Gasteiger partial charge < -0.3 is 15.0 Å². The van der Waals surface area contributed by atoms with Crippen molar-refractivity contribution in [3.05, 3.63) is 47.3 Å². The lowest BCUT2D eigenvalue weighted by molar-refractivity contribution is 0.404. The molecule has 1 aromatic heterocycles. The number of aromatic nitrogens is 1. The van der Waals surface area contributed by atoms with E-state index >= 15 is 0 Å². The maximum absolute atomic E-state index is 6.09. The van der Waals surface area contributed by atoms with Crippen molar-refractivity contribution in [3.8, 4) is 5.75 Å². The van der Waals surface area contributed by atoms with Crippen LogP contribution >= 0.6 is 0 Å². The lowest BCUT2D eigenvalue weighted by Gasteiger charge is -2.14. The van der Waals surface area contributed by atoms with Crippen LogP contribution in [0.3, 0.4) is 0 Å². The number of rotatable bonds is 4. The van der Waals surface area contributed by atoms with Crippen LogP contribution < -0.4 is 10.5 Å². The van der Waals surface area contributed by atoms with E-state index in [1.165, 1.54) is 0 Å². The lowest BCUT2D eigenvalue weighted by Crippen LogP contribution is -2.13. The molecule has 17 heavy (non-hydrogen) atoms. The first-order valence-electron chi connectivity index (χ1n) is 5.49. The van der Waals surface area contributed by atoms with Crippen molar-refractivity contribution in [1.82, 2.24) is 5.16 Å². The van der Waals surface area contributed by atoms with E-state index < -0.39 is 0 Å². The Bertz CT molecular complexity index is 480. The predicted octanol–water partition coefficient (Wildman–Crippen LogP) is 2.23. The molecule has 4 heteroatoms. The van der Waals surface area contributed by atoms with Gasteiger partial charge in [-0.3, -0.25) is 0 Å². The summed E-state index contributed by atoms with van der Waals surface area (Å²) in [6.07, 6.45) is 3.92. The molecule has 0 saturated heterocycles. The minimum absolute atomic E-state index is 0.128. The first-order valence-corrected chi connectivity index (χ1v) is 5.49. The van der Waals surface area contributed by atoms with Crippen LogP contribution in [0.4, 0.5) is 0 Å². The molecule has 2 aromatic rings. The van der Waals surface area contributed by atoms with E-state index in [0.29, 0.717) is 6.42 Å². The highest BCUT2D eigenvalue weighted by Gasteiger charge is 2.13. The van der Waals surface area contributed by atoms with Gasteiger partial charge in [0, 0.05) is 11.6 Å². The summed E-state index contributed by atoms with van der Waals surface area (Å²) in [4.78, 5) is 0. The molecule has 1 aromatic carbocycles. The van der Waals surface area contributed by atoms with Crippen molar-refractivity contribution in [2.45, 2.75) is 19.4 Å². The molecular weight excluding hydrogens is 216 g/mol. The fourth-order valence-electron chi connectivity index (χ4n) is 1.92. The largest absolute Gasteiger partial charge is 0.496 e. The molecular formula is C13H16N2O2. The molecule has 1 heterocycles. The van der Waals surface area contributed by atoms with Crippen molar-refractivity contribution in [3.63, 3.8) is 0 Å². The third kappa shape index (κ3) is 2.47. The number of nitrogens with zero attached hydrogens (tertiary/aromatic N) is 1. The molecule has 0 saturated carbocycles. The second kappa shape index (κ2) is 5.01. The fourth-order valence-corrected chi connectivity index (χ4v) is 1.92. The molecule has 0 bridgehead atoms. The summed E-state index contributed by atoms with van der Waals surface area (Å²) in [6.45, 7) is 2.02. The van der Waals surface area contributed by atoms with Crippen LogP contribution in [0.1, 0.15) is 22.7 Å². The van der Waals surface area contributed by atoms with Crippen molar-refractivity contribution in [1.29, 1.82) is 0 Å². The molecule has 4 nitrogen and oxygen atoms in total. The third-order valence-corrected chi connectivity index (χ3v) is 2.82. The second-order valence-corrected chi connectivity index (χ2v) is 4.04. The number of hydrogen-bond acceptors (Lipinski definition) is 4. The second-order valence-electron chi connectivity index (χ2n) is 4.04. The molecule has 2 rings (SSSR count). The third-order valence-electron chi connectivity index (χ3n) is 2.82. The Kier molecular flexibility index (Phi) is 3.44. The van der Waals surface area contributed by atoms with Crippen LogP contribution in [0.25, 0.3) is 0 Å². The van der Waals surface area contributed by atoms with Gasteiger partial charge in [0.05, 0.1) is 13.3 Å². The predicted molar refractivity (Wildman–Crippen MR) is 64.9 cm³/mol. The molecule has 0 aliphatic carbocycles. The van der Waals surface area contributed by atoms with Gasteiger partial charge in [0.25, 0.3) is 0 Å². The van der Waals surface area contributed by atoms with Gasteiger partial charge in [-0.15, -0.1) is 0 Å². The van der Waals surface area contributed by atoms with E-state index in [-0.39, 0.29) is 6.04 Å². The fraction of sp³-hybridized carbons (Fsp3) is 0.308. The summed E-state index contributed by atoms with van der Waals surface area (Å²) < 4.78 is 10.2. The van der Waals surface area contributed by atoms with Crippen molar-refractivity contribution >= 4 is 0 Å². The number of hydrogen-bond donors (Lipinski definition) is 1. The lowest BCUT2D eigenvalue weighted by atomic mass is 10.00. The zero-order valence-corrected chi connectivity index (χ0v) is 10.0. The van der Waals surface area contributed by atoms with E-state index in [9.17, 15) is 0 Å². The van der Waals surface area contributed by atoms with Crippen molar-refractivity contribution < 1.29 is 9.26 Å². The van der Waals surface area contributed by atoms with Crippen LogP contribution in [0.5, 0.6) is 5.75 Å². The first-order chi connectivity index (χ1) is 8.22. The number of benzene rings is 1. The molecule has 0 spiro atoms. The summed E-state index contributed by atoms with van der Waals surface area (Å²) in [5.74, 6) is 0.902. The molecule has 1 atom stereocenters. The highest BCUT2D eigenvalue weighted by Crippen LogP contribution is 2.26. The molecule has 0 aliphatic heterocycles. The number of methoxy groups -OCH3 is 1. The summed E-state index contributed by atoms with van der Waals surface area (Å²) in [7, 11) is 1.68. The van der Waals surface area contributed by atoms with Crippen LogP contribution in [0.15, 0.2) is 35.2 Å². The Balaban J connectivity index is 2.21. The summed E-state index contributed by atoms with van der Waals surface area (Å²) >= 11 is 0. The Morgan fingerprint density at radius 2 is 2.29 bits per heavy atom. The van der Waals surface area contributed by atoms with Crippen LogP contribution in [-0.4, -0.2) is 12.3 Å². The van der Waals surface area contributed by atoms with Crippen molar-refractivity contribution in [2.75, 3.05) is 7.11 Å². The Morgan fingerprint density at radius 3 is 2.94 bits per heavy atom. The number of ether oxygens (including phenoxy) is 1. The van der Waals surface area contributed by atoms with Crippen molar-refractivity contribution in [2.24, 2.45) is 5.73 Å². The Morgan fingerprint density at radius 1 is 1.47 bits per heavy atom. The maximum atomic E-state index is 6.09. The maximum Gasteiger partial charge on any atom is 0.128 e. The van der Waals surface area contributed by atoms with Gasteiger partial charge in [0.2, 0.25) is 0 Å². The minimum Gasteiger partial charge on any atom is -0.496 e. The molecule has 1 unspecified atom stereocenters. The zero-order chi connectivity index (χ0) is 12.3. The number of aryl methyl sites for hydroxylation is 1. The normalized spacial score (nSPS) is 12.4. The van der Waals surface area contributed by atoms with Gasteiger partial charge in [-0.1, -0.05) is 23.4 Å². The Hall–Kier alpha value is -1.81. The molecule has 90 valence electrons. The van der Waals surface area contributed by atoms with E-state index in [0.717, 1.165) is 22.4 Å². The standard InChI is InChI=1S/C13H16N2O2/c1-9-4-3-5-10(13(9)16-2)6-12(14)11-7-15-17-8-11/h3-5,7-8,12H,6,14H2,1-2H3. The van der Waals surface area contributed by atoms with Crippen LogP contribution in [-0.2, 0) is 6.42 Å². The summed E-state index contributed by atoms with van der Waals surface area (Å²) in [6, 6.07) is 5.93. The molecule has 0 amide bonds. The zero-order valence-electron chi connectivity index (χ0n) is 10.0. The topological polar surface area (TPSA) is 61.3 Å². The number of para-hydroxylation sites is 1. The van der Waals surface area contributed by atoms with Crippen LogP contribution in [0, 0.1) is 6.92 Å². The van der Waals surface area contributed by atoms with E-state index in [1.807, 2.05) is 25.1 Å². The summed E-state index contributed by atoms with van der Waals surface area (Å²) in [5, 5.41) is 3.66. The molecule has 0 fully saturated rings. The SMILES string of the molecule is COc1c(C)cccc1CC(N)c1cnoc1. The highest BCUT2D eigenvalue weighted by atomic mass is 16.5. The van der Waals surface area contributed by atoms with Gasteiger partial charge >= 0.3 is 0 Å². The first kappa shape index (κ1) is 11.7. The average Bonchev–Trinajstić information content (AvgIpc) is 2.82.